The van der Waals surface area contributed by atoms with E-state index >= 15 is 0 Å². The van der Waals surface area contributed by atoms with Crippen molar-refractivity contribution in [1.29, 1.82) is 0 Å². The van der Waals surface area contributed by atoms with Crippen LogP contribution in [0.4, 0.5) is 11.4 Å². The Morgan fingerprint density at radius 3 is 2.04 bits per heavy atom. The molecule has 2 N–H and O–H groups in total. The summed E-state index contributed by atoms with van der Waals surface area (Å²) in [4.78, 5) is 35.8. The van der Waals surface area contributed by atoms with E-state index in [1.165, 1.54) is 6.92 Å². The molecule has 1 aliphatic rings. The molecule has 0 spiro atoms. The third-order valence-corrected chi connectivity index (χ3v) is 4.04. The number of hydrogen-bond acceptors (Lipinski definition) is 3. The van der Waals surface area contributed by atoms with E-state index < -0.39 is 0 Å². The first-order chi connectivity index (χ1) is 11.5. The SMILES string of the molecule is CC(=O)c1cccc(NC(=O)C2CC2C(=O)Nc2ccccc2)c1. The summed E-state index contributed by atoms with van der Waals surface area (Å²) < 4.78 is 0. The summed E-state index contributed by atoms with van der Waals surface area (Å²) in [7, 11) is 0. The van der Waals surface area contributed by atoms with Gasteiger partial charge in [0.2, 0.25) is 11.8 Å². The van der Waals surface area contributed by atoms with Crippen LogP contribution >= 0.6 is 0 Å². The van der Waals surface area contributed by atoms with Crippen molar-refractivity contribution in [3.8, 4) is 0 Å². The monoisotopic (exact) mass is 322 g/mol. The summed E-state index contributed by atoms with van der Waals surface area (Å²) in [5.41, 5.74) is 1.84. The van der Waals surface area contributed by atoms with E-state index in [1.807, 2.05) is 30.3 Å². The second kappa shape index (κ2) is 6.66. The molecular formula is C19H18N2O3. The number of benzene rings is 2. The molecular weight excluding hydrogens is 304 g/mol. The number of carbonyl (C=O) groups is 3. The van der Waals surface area contributed by atoms with E-state index in [0.29, 0.717) is 17.7 Å². The molecule has 3 rings (SSSR count). The fourth-order valence-corrected chi connectivity index (χ4v) is 2.58. The number of rotatable bonds is 5. The number of nitrogens with one attached hydrogen (secondary N) is 2. The van der Waals surface area contributed by atoms with Crippen LogP contribution in [0.25, 0.3) is 0 Å². The van der Waals surface area contributed by atoms with Crippen molar-refractivity contribution < 1.29 is 14.4 Å². The van der Waals surface area contributed by atoms with Crippen LogP contribution in [-0.4, -0.2) is 17.6 Å². The highest BCUT2D eigenvalue weighted by molar-refractivity contribution is 6.03. The summed E-state index contributed by atoms with van der Waals surface area (Å²) in [5.74, 6) is -1.02. The molecule has 0 bridgehead atoms. The highest BCUT2D eigenvalue weighted by atomic mass is 16.2. The minimum absolute atomic E-state index is 0.0577. The summed E-state index contributed by atoms with van der Waals surface area (Å²) in [6.45, 7) is 1.48. The van der Waals surface area contributed by atoms with Gasteiger partial charge in [-0.05, 0) is 37.6 Å². The van der Waals surface area contributed by atoms with E-state index in [2.05, 4.69) is 10.6 Å². The van der Waals surface area contributed by atoms with Gasteiger partial charge < -0.3 is 10.6 Å². The zero-order valence-electron chi connectivity index (χ0n) is 13.3. The maximum atomic E-state index is 12.2. The molecule has 0 heterocycles. The number of hydrogen-bond donors (Lipinski definition) is 2. The predicted octanol–water partition coefficient (Wildman–Crippen LogP) is 3.10. The van der Waals surface area contributed by atoms with Gasteiger partial charge in [0.15, 0.2) is 5.78 Å². The van der Waals surface area contributed by atoms with Gasteiger partial charge in [-0.25, -0.2) is 0 Å². The van der Waals surface area contributed by atoms with Crippen molar-refractivity contribution in [3.63, 3.8) is 0 Å². The van der Waals surface area contributed by atoms with Crippen LogP contribution < -0.4 is 10.6 Å². The number of carbonyl (C=O) groups excluding carboxylic acids is 3. The first-order valence-corrected chi connectivity index (χ1v) is 7.82. The molecule has 5 nitrogen and oxygen atoms in total. The van der Waals surface area contributed by atoms with E-state index in [9.17, 15) is 14.4 Å². The van der Waals surface area contributed by atoms with Crippen LogP contribution in [0.2, 0.25) is 0 Å². The molecule has 2 aromatic carbocycles. The van der Waals surface area contributed by atoms with Crippen LogP contribution in [0.1, 0.15) is 23.7 Å². The van der Waals surface area contributed by atoms with Gasteiger partial charge in [0.1, 0.15) is 0 Å². The third kappa shape index (κ3) is 3.68. The molecule has 0 aliphatic heterocycles. The summed E-state index contributed by atoms with van der Waals surface area (Å²) in [5, 5.41) is 5.59. The smallest absolute Gasteiger partial charge is 0.228 e. The zero-order chi connectivity index (χ0) is 17.1. The summed E-state index contributed by atoms with van der Waals surface area (Å²) >= 11 is 0. The Morgan fingerprint density at radius 1 is 0.833 bits per heavy atom. The predicted molar refractivity (Wildman–Crippen MR) is 91.7 cm³/mol. The Bertz CT molecular complexity index is 786. The van der Waals surface area contributed by atoms with Gasteiger partial charge in [-0.15, -0.1) is 0 Å². The first-order valence-electron chi connectivity index (χ1n) is 7.82. The zero-order valence-corrected chi connectivity index (χ0v) is 13.3. The van der Waals surface area contributed by atoms with Crippen LogP contribution in [0, 0.1) is 11.8 Å². The Morgan fingerprint density at radius 2 is 1.42 bits per heavy atom. The van der Waals surface area contributed by atoms with Gasteiger partial charge in [0.25, 0.3) is 0 Å². The Balaban J connectivity index is 1.57. The molecule has 0 saturated heterocycles. The summed E-state index contributed by atoms with van der Waals surface area (Å²) in [6.07, 6.45) is 0.539. The molecule has 2 amide bonds. The Hall–Kier alpha value is -2.95. The molecule has 2 unspecified atom stereocenters. The molecule has 1 aliphatic carbocycles. The Kier molecular flexibility index (Phi) is 4.42. The average molecular weight is 322 g/mol. The van der Waals surface area contributed by atoms with Crippen molar-refractivity contribution in [2.24, 2.45) is 11.8 Å². The molecule has 2 aromatic rings. The van der Waals surface area contributed by atoms with Crippen molar-refractivity contribution in [3.05, 3.63) is 60.2 Å². The molecule has 0 radical (unpaired) electrons. The topological polar surface area (TPSA) is 75.3 Å². The van der Waals surface area contributed by atoms with Crippen LogP contribution in [0.5, 0.6) is 0 Å². The van der Waals surface area contributed by atoms with Crippen molar-refractivity contribution >= 4 is 29.0 Å². The maximum absolute atomic E-state index is 12.2. The van der Waals surface area contributed by atoms with E-state index in [4.69, 9.17) is 0 Å². The second-order valence-corrected chi connectivity index (χ2v) is 5.93. The number of amides is 2. The molecule has 0 aromatic heterocycles. The first kappa shape index (κ1) is 15.9. The highest BCUT2D eigenvalue weighted by Gasteiger charge is 2.48. The minimum atomic E-state index is -0.324. The lowest BCUT2D eigenvalue weighted by atomic mass is 10.1. The number of anilines is 2. The van der Waals surface area contributed by atoms with Crippen LogP contribution in [0.3, 0.4) is 0 Å². The lowest BCUT2D eigenvalue weighted by molar-refractivity contribution is -0.122. The summed E-state index contributed by atoms with van der Waals surface area (Å²) in [6, 6.07) is 16.0. The Labute approximate surface area is 140 Å². The van der Waals surface area contributed by atoms with Gasteiger partial charge in [-0.2, -0.15) is 0 Å². The average Bonchev–Trinajstić information content (AvgIpc) is 3.37. The highest BCUT2D eigenvalue weighted by Crippen LogP contribution is 2.40. The van der Waals surface area contributed by atoms with Crippen molar-refractivity contribution in [1.82, 2.24) is 0 Å². The third-order valence-electron chi connectivity index (χ3n) is 4.04. The van der Waals surface area contributed by atoms with Crippen LogP contribution in [0.15, 0.2) is 54.6 Å². The molecule has 5 heteroatoms. The van der Waals surface area contributed by atoms with Gasteiger partial charge in [0.05, 0.1) is 11.8 Å². The van der Waals surface area contributed by atoms with Gasteiger partial charge >= 0.3 is 0 Å². The van der Waals surface area contributed by atoms with Crippen molar-refractivity contribution in [2.75, 3.05) is 10.6 Å². The second-order valence-electron chi connectivity index (χ2n) is 5.93. The molecule has 1 fully saturated rings. The quantitative estimate of drug-likeness (QED) is 0.831. The number of para-hydroxylation sites is 1. The van der Waals surface area contributed by atoms with E-state index in [-0.39, 0.29) is 29.4 Å². The number of Topliss-reactive ketones (excluding diaryl/α,β-unsaturated/α-hetero) is 1. The largest absolute Gasteiger partial charge is 0.326 e. The molecule has 24 heavy (non-hydrogen) atoms. The van der Waals surface area contributed by atoms with Gasteiger partial charge in [-0.3, -0.25) is 14.4 Å². The lowest BCUT2D eigenvalue weighted by Crippen LogP contribution is -2.20. The normalized spacial score (nSPS) is 18.5. The van der Waals surface area contributed by atoms with Gasteiger partial charge in [0, 0.05) is 16.9 Å². The van der Waals surface area contributed by atoms with Crippen molar-refractivity contribution in [2.45, 2.75) is 13.3 Å². The standard InChI is InChI=1S/C19H18N2O3/c1-12(22)13-6-5-9-15(10-13)21-19(24)17-11-16(17)18(23)20-14-7-3-2-4-8-14/h2-10,16-17H,11H2,1H3,(H,20,23)(H,21,24). The molecule has 1 saturated carbocycles. The molecule has 2 atom stereocenters. The van der Waals surface area contributed by atoms with Gasteiger partial charge in [-0.1, -0.05) is 30.3 Å². The molecule has 122 valence electrons. The fraction of sp³-hybridized carbons (Fsp3) is 0.211. The maximum Gasteiger partial charge on any atom is 0.228 e. The fourth-order valence-electron chi connectivity index (χ4n) is 2.58. The lowest BCUT2D eigenvalue weighted by Gasteiger charge is -2.07. The van der Waals surface area contributed by atoms with E-state index in [0.717, 1.165) is 5.69 Å². The van der Waals surface area contributed by atoms with Crippen LogP contribution in [-0.2, 0) is 9.59 Å². The number of ketones is 1. The minimum Gasteiger partial charge on any atom is -0.326 e. The van der Waals surface area contributed by atoms with E-state index in [1.54, 1.807) is 24.3 Å².